The molecule has 2 N–H and O–H groups in total. The van der Waals surface area contributed by atoms with Crippen LogP contribution in [0.15, 0.2) is 18.2 Å². The number of nitrogens with one attached hydrogen (secondary N) is 1. The third-order valence-corrected chi connectivity index (χ3v) is 3.16. The molecule has 0 aliphatic heterocycles. The van der Waals surface area contributed by atoms with Crippen LogP contribution in [0, 0.1) is 17.6 Å². The first-order chi connectivity index (χ1) is 7.93. The smallest absolute Gasteiger partial charge is 0.329 e. The third kappa shape index (κ3) is 2.23. The zero-order chi connectivity index (χ0) is 12.6. The van der Waals surface area contributed by atoms with Crippen molar-refractivity contribution in [2.75, 3.05) is 5.32 Å². The number of aliphatic carboxylic acids is 1. The van der Waals surface area contributed by atoms with E-state index >= 15 is 0 Å². The summed E-state index contributed by atoms with van der Waals surface area (Å²) in [6, 6.07) is 2.95. The number of hydrogen-bond donors (Lipinski definition) is 2. The Balaban J connectivity index is 2.29. The molecule has 0 amide bonds. The molecule has 0 bridgehead atoms. The Morgan fingerprint density at radius 2 is 2.12 bits per heavy atom. The van der Waals surface area contributed by atoms with Crippen molar-refractivity contribution in [2.45, 2.75) is 25.3 Å². The molecular weight excluding hydrogens is 228 g/mol. The van der Waals surface area contributed by atoms with Crippen LogP contribution in [0.3, 0.4) is 0 Å². The van der Waals surface area contributed by atoms with E-state index < -0.39 is 23.1 Å². The highest BCUT2D eigenvalue weighted by molar-refractivity contribution is 5.83. The number of anilines is 1. The van der Waals surface area contributed by atoms with Gasteiger partial charge in [-0.1, -0.05) is 0 Å². The van der Waals surface area contributed by atoms with Gasteiger partial charge >= 0.3 is 5.97 Å². The monoisotopic (exact) mass is 241 g/mol. The van der Waals surface area contributed by atoms with Gasteiger partial charge in [0.15, 0.2) is 0 Å². The summed E-state index contributed by atoms with van der Waals surface area (Å²) in [6.45, 7) is 1.50. The Bertz CT molecular complexity index is 460. The fourth-order valence-electron chi connectivity index (χ4n) is 1.86. The van der Waals surface area contributed by atoms with Crippen LogP contribution in [-0.4, -0.2) is 16.6 Å². The number of benzene rings is 1. The van der Waals surface area contributed by atoms with Crippen molar-refractivity contribution in [3.05, 3.63) is 29.8 Å². The number of halogens is 2. The molecule has 0 radical (unpaired) electrons. The molecule has 0 heterocycles. The van der Waals surface area contributed by atoms with Crippen LogP contribution < -0.4 is 5.32 Å². The van der Waals surface area contributed by atoms with E-state index in [4.69, 9.17) is 0 Å². The van der Waals surface area contributed by atoms with Crippen molar-refractivity contribution >= 4 is 11.7 Å². The molecule has 0 aromatic heterocycles. The summed E-state index contributed by atoms with van der Waals surface area (Å²) < 4.78 is 26.4. The molecule has 1 aliphatic rings. The maximum absolute atomic E-state index is 13.4. The minimum absolute atomic E-state index is 0.0392. The van der Waals surface area contributed by atoms with Crippen LogP contribution in [0.25, 0.3) is 0 Å². The van der Waals surface area contributed by atoms with E-state index in [0.29, 0.717) is 0 Å². The van der Waals surface area contributed by atoms with Crippen molar-refractivity contribution in [3.63, 3.8) is 0 Å². The van der Waals surface area contributed by atoms with Crippen molar-refractivity contribution in [1.29, 1.82) is 0 Å². The molecular formula is C12H13F2NO2. The van der Waals surface area contributed by atoms with Gasteiger partial charge in [0.05, 0.1) is 5.69 Å². The quantitative estimate of drug-likeness (QED) is 0.851. The Morgan fingerprint density at radius 1 is 1.47 bits per heavy atom. The second-order valence-electron chi connectivity index (χ2n) is 4.53. The third-order valence-electron chi connectivity index (χ3n) is 3.16. The van der Waals surface area contributed by atoms with Gasteiger partial charge in [-0.05, 0) is 43.9 Å². The molecule has 0 saturated heterocycles. The van der Waals surface area contributed by atoms with Crippen molar-refractivity contribution < 1.29 is 18.7 Å². The van der Waals surface area contributed by atoms with Crippen LogP contribution in [0.2, 0.25) is 0 Å². The largest absolute Gasteiger partial charge is 0.480 e. The van der Waals surface area contributed by atoms with Crippen LogP contribution >= 0.6 is 0 Å². The Hall–Kier alpha value is -1.65. The second-order valence-corrected chi connectivity index (χ2v) is 4.53. The molecule has 17 heavy (non-hydrogen) atoms. The van der Waals surface area contributed by atoms with Gasteiger partial charge in [0.1, 0.15) is 17.2 Å². The normalized spacial score (nSPS) is 18.5. The Labute approximate surface area is 97.5 Å². The highest BCUT2D eigenvalue weighted by atomic mass is 19.1. The van der Waals surface area contributed by atoms with Gasteiger partial charge in [0, 0.05) is 0 Å². The number of rotatable bonds is 4. The van der Waals surface area contributed by atoms with Gasteiger partial charge in [0.25, 0.3) is 0 Å². The average molecular weight is 241 g/mol. The van der Waals surface area contributed by atoms with E-state index in [1.54, 1.807) is 0 Å². The predicted molar refractivity (Wildman–Crippen MR) is 58.7 cm³/mol. The number of carboxylic acid groups (broad SMARTS) is 1. The first-order valence-electron chi connectivity index (χ1n) is 5.40. The van der Waals surface area contributed by atoms with Gasteiger partial charge in [-0.3, -0.25) is 0 Å². The van der Waals surface area contributed by atoms with Crippen molar-refractivity contribution in [3.8, 4) is 0 Å². The topological polar surface area (TPSA) is 49.3 Å². The van der Waals surface area contributed by atoms with Gasteiger partial charge in [0.2, 0.25) is 0 Å². The lowest BCUT2D eigenvalue weighted by molar-refractivity contribution is -0.142. The fraction of sp³-hybridized carbons (Fsp3) is 0.417. The molecule has 5 heteroatoms. The summed E-state index contributed by atoms with van der Waals surface area (Å²) >= 11 is 0. The summed E-state index contributed by atoms with van der Waals surface area (Å²) in [5.74, 6) is -2.34. The van der Waals surface area contributed by atoms with E-state index in [1.807, 2.05) is 0 Å². The predicted octanol–water partition coefficient (Wildman–Crippen LogP) is 2.63. The molecule has 1 saturated carbocycles. The zero-order valence-electron chi connectivity index (χ0n) is 9.34. The Kier molecular flexibility index (Phi) is 2.77. The van der Waals surface area contributed by atoms with Crippen LogP contribution in [-0.2, 0) is 4.79 Å². The molecule has 1 aliphatic carbocycles. The minimum atomic E-state index is -1.24. The van der Waals surface area contributed by atoms with Gasteiger partial charge in [-0.2, -0.15) is 0 Å². The summed E-state index contributed by atoms with van der Waals surface area (Å²) in [6.07, 6.45) is 1.57. The molecule has 1 atom stereocenters. The number of carboxylic acids is 1. The highest BCUT2D eigenvalue weighted by Gasteiger charge is 2.47. The molecule has 2 rings (SSSR count). The average Bonchev–Trinajstić information content (AvgIpc) is 3.06. The first kappa shape index (κ1) is 11.8. The van der Waals surface area contributed by atoms with E-state index in [2.05, 4.69) is 5.32 Å². The van der Waals surface area contributed by atoms with Gasteiger partial charge in [-0.25, -0.2) is 13.6 Å². The summed E-state index contributed by atoms with van der Waals surface area (Å²) in [5.41, 5.74) is -1.35. The lowest BCUT2D eigenvalue weighted by Gasteiger charge is -2.27. The van der Waals surface area contributed by atoms with E-state index in [9.17, 15) is 18.7 Å². The maximum Gasteiger partial charge on any atom is 0.329 e. The van der Waals surface area contributed by atoms with Gasteiger partial charge < -0.3 is 10.4 Å². The molecule has 1 fully saturated rings. The molecule has 1 aromatic rings. The standard InChI is InChI=1S/C12H13F2NO2/c1-12(11(16)17,7-2-3-7)15-10-6-8(13)4-5-9(10)14/h4-7,15H,2-3H2,1H3,(H,16,17). The summed E-state index contributed by atoms with van der Waals surface area (Å²) in [7, 11) is 0. The number of carbonyl (C=O) groups is 1. The lowest BCUT2D eigenvalue weighted by atomic mass is 9.95. The van der Waals surface area contributed by atoms with Crippen molar-refractivity contribution in [1.82, 2.24) is 0 Å². The van der Waals surface area contributed by atoms with Gasteiger partial charge in [-0.15, -0.1) is 0 Å². The van der Waals surface area contributed by atoms with E-state index in [1.165, 1.54) is 6.92 Å². The maximum atomic E-state index is 13.4. The number of hydrogen-bond acceptors (Lipinski definition) is 2. The molecule has 0 spiro atoms. The minimum Gasteiger partial charge on any atom is -0.480 e. The van der Waals surface area contributed by atoms with Crippen LogP contribution in [0.5, 0.6) is 0 Å². The molecule has 3 nitrogen and oxygen atoms in total. The lowest BCUT2D eigenvalue weighted by Crippen LogP contribution is -2.45. The second kappa shape index (κ2) is 3.98. The van der Waals surface area contributed by atoms with Crippen molar-refractivity contribution in [2.24, 2.45) is 5.92 Å². The SMILES string of the molecule is CC(Nc1cc(F)ccc1F)(C(=O)O)C1CC1. The fourth-order valence-corrected chi connectivity index (χ4v) is 1.86. The Morgan fingerprint density at radius 3 is 2.65 bits per heavy atom. The van der Waals surface area contributed by atoms with Crippen LogP contribution in [0.4, 0.5) is 14.5 Å². The molecule has 1 unspecified atom stereocenters. The van der Waals surface area contributed by atoms with E-state index in [-0.39, 0.29) is 11.6 Å². The van der Waals surface area contributed by atoms with E-state index in [0.717, 1.165) is 31.0 Å². The highest BCUT2D eigenvalue weighted by Crippen LogP contribution is 2.42. The molecule has 1 aromatic carbocycles. The van der Waals surface area contributed by atoms with Crippen LogP contribution in [0.1, 0.15) is 19.8 Å². The zero-order valence-corrected chi connectivity index (χ0v) is 9.34. The summed E-state index contributed by atoms with van der Waals surface area (Å²) in [5, 5.41) is 11.8. The molecule has 92 valence electrons. The summed E-state index contributed by atoms with van der Waals surface area (Å²) in [4.78, 5) is 11.2. The first-order valence-corrected chi connectivity index (χ1v) is 5.40.